The first-order valence-corrected chi connectivity index (χ1v) is 6.43. The van der Waals surface area contributed by atoms with Crippen LogP contribution in [0.2, 0.25) is 0 Å². The number of hydrogen-bond acceptors (Lipinski definition) is 4. The van der Waals surface area contributed by atoms with E-state index in [2.05, 4.69) is 5.32 Å². The smallest absolute Gasteiger partial charge is 0.161 e. The molecule has 0 fully saturated rings. The maximum atomic E-state index is 8.67. The third-order valence-electron chi connectivity index (χ3n) is 2.62. The minimum absolute atomic E-state index is 0.262. The number of rotatable bonds is 9. The minimum atomic E-state index is 0.262. The van der Waals surface area contributed by atoms with Gasteiger partial charge in [-0.1, -0.05) is 6.07 Å². The van der Waals surface area contributed by atoms with Crippen LogP contribution in [0, 0.1) is 0 Å². The lowest BCUT2D eigenvalue weighted by molar-refractivity contribution is 0.283. The van der Waals surface area contributed by atoms with E-state index < -0.39 is 0 Å². The van der Waals surface area contributed by atoms with Gasteiger partial charge in [0.15, 0.2) is 11.5 Å². The molecule has 0 saturated heterocycles. The van der Waals surface area contributed by atoms with E-state index in [0.29, 0.717) is 6.61 Å². The summed E-state index contributed by atoms with van der Waals surface area (Å²) in [5.74, 6) is 1.55. The number of ether oxygens (including phenoxy) is 2. The van der Waals surface area contributed by atoms with Crippen LogP contribution in [0.25, 0.3) is 0 Å². The second-order valence-electron chi connectivity index (χ2n) is 4.03. The molecule has 102 valence electrons. The van der Waals surface area contributed by atoms with Crippen molar-refractivity contribution >= 4 is 0 Å². The van der Waals surface area contributed by atoms with Gasteiger partial charge in [0.25, 0.3) is 0 Å². The quantitative estimate of drug-likeness (QED) is 0.661. The van der Waals surface area contributed by atoms with Crippen molar-refractivity contribution in [2.75, 3.05) is 26.9 Å². The van der Waals surface area contributed by atoms with E-state index >= 15 is 0 Å². The molecule has 0 saturated carbocycles. The average molecular weight is 253 g/mol. The highest BCUT2D eigenvalue weighted by molar-refractivity contribution is 5.42. The van der Waals surface area contributed by atoms with Gasteiger partial charge in [-0.15, -0.1) is 0 Å². The number of unbranched alkanes of at least 4 members (excludes halogenated alkanes) is 1. The summed E-state index contributed by atoms with van der Waals surface area (Å²) in [5, 5.41) is 12.0. The van der Waals surface area contributed by atoms with E-state index in [1.54, 1.807) is 7.11 Å². The highest BCUT2D eigenvalue weighted by Gasteiger charge is 2.04. The van der Waals surface area contributed by atoms with Gasteiger partial charge in [-0.3, -0.25) is 0 Å². The summed E-state index contributed by atoms with van der Waals surface area (Å²) in [7, 11) is 1.65. The topological polar surface area (TPSA) is 50.7 Å². The van der Waals surface area contributed by atoms with E-state index in [0.717, 1.165) is 37.4 Å². The van der Waals surface area contributed by atoms with Crippen molar-refractivity contribution in [3.8, 4) is 11.5 Å². The molecule has 0 spiro atoms. The summed E-state index contributed by atoms with van der Waals surface area (Å²) in [4.78, 5) is 0. The first-order chi connectivity index (χ1) is 8.81. The molecular weight excluding hydrogens is 230 g/mol. The number of hydrogen-bond donors (Lipinski definition) is 2. The second kappa shape index (κ2) is 8.78. The molecule has 4 heteroatoms. The van der Waals surface area contributed by atoms with Crippen LogP contribution in [0.1, 0.15) is 25.3 Å². The molecule has 0 aliphatic heterocycles. The summed E-state index contributed by atoms with van der Waals surface area (Å²) in [6.45, 7) is 4.56. The molecular formula is C14H23NO3. The predicted octanol–water partition coefficient (Wildman–Crippen LogP) is 1.96. The minimum Gasteiger partial charge on any atom is -0.493 e. The Balaban J connectivity index is 2.46. The van der Waals surface area contributed by atoms with Crippen molar-refractivity contribution in [3.05, 3.63) is 23.8 Å². The van der Waals surface area contributed by atoms with Gasteiger partial charge in [-0.05, 0) is 44.0 Å². The van der Waals surface area contributed by atoms with Crippen molar-refractivity contribution in [3.63, 3.8) is 0 Å². The van der Waals surface area contributed by atoms with Gasteiger partial charge in [0.1, 0.15) is 0 Å². The van der Waals surface area contributed by atoms with Gasteiger partial charge in [0.05, 0.1) is 13.7 Å². The van der Waals surface area contributed by atoms with Crippen LogP contribution >= 0.6 is 0 Å². The maximum absolute atomic E-state index is 8.67. The lowest BCUT2D eigenvalue weighted by Crippen LogP contribution is -2.15. The van der Waals surface area contributed by atoms with Crippen LogP contribution in [0.15, 0.2) is 18.2 Å². The molecule has 1 aromatic carbocycles. The Labute approximate surface area is 109 Å². The van der Waals surface area contributed by atoms with Gasteiger partial charge < -0.3 is 19.9 Å². The van der Waals surface area contributed by atoms with Crippen LogP contribution in [0.5, 0.6) is 11.5 Å². The largest absolute Gasteiger partial charge is 0.493 e. The zero-order chi connectivity index (χ0) is 13.2. The summed E-state index contributed by atoms with van der Waals surface area (Å²) >= 11 is 0. The summed E-state index contributed by atoms with van der Waals surface area (Å²) < 4.78 is 10.8. The summed E-state index contributed by atoms with van der Waals surface area (Å²) in [5.41, 5.74) is 1.17. The van der Waals surface area contributed by atoms with E-state index in [4.69, 9.17) is 14.6 Å². The predicted molar refractivity (Wildman–Crippen MR) is 72.2 cm³/mol. The molecule has 0 heterocycles. The first-order valence-electron chi connectivity index (χ1n) is 6.43. The van der Waals surface area contributed by atoms with Crippen molar-refractivity contribution in [1.82, 2.24) is 5.32 Å². The first kappa shape index (κ1) is 14.8. The fraction of sp³-hybridized carbons (Fsp3) is 0.571. The van der Waals surface area contributed by atoms with E-state index in [9.17, 15) is 0 Å². The van der Waals surface area contributed by atoms with E-state index in [1.807, 2.05) is 25.1 Å². The monoisotopic (exact) mass is 253 g/mol. The molecule has 0 aliphatic rings. The van der Waals surface area contributed by atoms with Crippen molar-refractivity contribution < 1.29 is 14.6 Å². The van der Waals surface area contributed by atoms with Gasteiger partial charge >= 0.3 is 0 Å². The Morgan fingerprint density at radius 2 is 2.06 bits per heavy atom. The molecule has 0 aliphatic carbocycles. The normalized spacial score (nSPS) is 10.4. The molecule has 0 unspecified atom stereocenters. The Morgan fingerprint density at radius 1 is 1.22 bits per heavy atom. The van der Waals surface area contributed by atoms with Crippen molar-refractivity contribution in [2.45, 2.75) is 26.3 Å². The zero-order valence-electron chi connectivity index (χ0n) is 11.2. The molecule has 2 N–H and O–H groups in total. The summed E-state index contributed by atoms with van der Waals surface area (Å²) in [6.07, 6.45) is 1.84. The average Bonchev–Trinajstić information content (AvgIpc) is 2.40. The molecule has 0 amide bonds. The Kier molecular flexibility index (Phi) is 7.22. The highest BCUT2D eigenvalue weighted by atomic mass is 16.5. The zero-order valence-corrected chi connectivity index (χ0v) is 11.2. The van der Waals surface area contributed by atoms with Crippen LogP contribution in [0.3, 0.4) is 0 Å². The van der Waals surface area contributed by atoms with Gasteiger partial charge in [-0.2, -0.15) is 0 Å². The van der Waals surface area contributed by atoms with Gasteiger partial charge in [0, 0.05) is 13.2 Å². The summed E-state index contributed by atoms with van der Waals surface area (Å²) in [6, 6.07) is 5.96. The number of benzene rings is 1. The number of nitrogens with one attached hydrogen (secondary N) is 1. The highest BCUT2D eigenvalue weighted by Crippen LogP contribution is 2.27. The molecule has 0 bridgehead atoms. The van der Waals surface area contributed by atoms with Crippen LogP contribution in [-0.4, -0.2) is 32.0 Å². The van der Waals surface area contributed by atoms with Gasteiger partial charge in [0.2, 0.25) is 0 Å². The van der Waals surface area contributed by atoms with Crippen LogP contribution in [-0.2, 0) is 6.54 Å². The second-order valence-corrected chi connectivity index (χ2v) is 4.03. The maximum Gasteiger partial charge on any atom is 0.161 e. The molecule has 1 rings (SSSR count). The van der Waals surface area contributed by atoms with Crippen molar-refractivity contribution in [2.24, 2.45) is 0 Å². The third-order valence-corrected chi connectivity index (χ3v) is 2.62. The van der Waals surface area contributed by atoms with Crippen molar-refractivity contribution in [1.29, 1.82) is 0 Å². The number of aliphatic hydroxyl groups excluding tert-OH is 1. The van der Waals surface area contributed by atoms with Gasteiger partial charge in [-0.25, -0.2) is 0 Å². The Bertz CT molecular complexity index is 342. The fourth-order valence-electron chi connectivity index (χ4n) is 1.69. The molecule has 1 aromatic rings. The van der Waals surface area contributed by atoms with E-state index in [1.165, 1.54) is 5.56 Å². The molecule has 0 aromatic heterocycles. The third kappa shape index (κ3) is 4.94. The standard InChI is InChI=1S/C14H23NO3/c1-3-18-13-7-6-12(10-14(13)17-2)11-15-8-4-5-9-16/h6-7,10,15-16H,3-5,8-9,11H2,1-2H3. The lowest BCUT2D eigenvalue weighted by atomic mass is 10.2. The van der Waals surface area contributed by atoms with E-state index in [-0.39, 0.29) is 6.61 Å². The molecule has 18 heavy (non-hydrogen) atoms. The number of aliphatic hydroxyl groups is 1. The Morgan fingerprint density at radius 3 is 2.72 bits per heavy atom. The molecule has 4 nitrogen and oxygen atoms in total. The van der Waals surface area contributed by atoms with Crippen LogP contribution in [0.4, 0.5) is 0 Å². The molecule has 0 atom stereocenters. The fourth-order valence-corrected chi connectivity index (χ4v) is 1.69. The lowest BCUT2D eigenvalue weighted by Gasteiger charge is -2.11. The SMILES string of the molecule is CCOc1ccc(CNCCCCO)cc1OC. The molecule has 0 radical (unpaired) electrons. The number of methoxy groups -OCH3 is 1. The Hall–Kier alpha value is -1.26. The van der Waals surface area contributed by atoms with Crippen LogP contribution < -0.4 is 14.8 Å².